The van der Waals surface area contributed by atoms with Crippen molar-refractivity contribution in [3.8, 4) is 6.07 Å². The normalized spacial score (nSPS) is 14.0. The minimum absolute atomic E-state index is 0.193. The van der Waals surface area contributed by atoms with E-state index in [9.17, 15) is 4.79 Å². The highest BCUT2D eigenvalue weighted by Gasteiger charge is 2.30. The van der Waals surface area contributed by atoms with Crippen LogP contribution in [0, 0.1) is 16.7 Å². The molecular formula is C11H20N2O2. The van der Waals surface area contributed by atoms with Crippen LogP contribution in [0.2, 0.25) is 0 Å². The van der Waals surface area contributed by atoms with Gasteiger partial charge in [0.2, 0.25) is 5.91 Å². The van der Waals surface area contributed by atoms with Gasteiger partial charge in [-0.15, -0.1) is 0 Å². The average Bonchev–Trinajstić information content (AvgIpc) is 2.27. The smallest absolute Gasteiger partial charge is 0.240 e. The van der Waals surface area contributed by atoms with Gasteiger partial charge in [0.05, 0.1) is 6.07 Å². The number of aliphatic hydroxyl groups excluding tert-OH is 1. The molecule has 0 aliphatic carbocycles. The molecule has 86 valence electrons. The molecule has 0 spiro atoms. The first-order valence-electron chi connectivity index (χ1n) is 5.41. The van der Waals surface area contributed by atoms with Crippen molar-refractivity contribution >= 4 is 5.91 Å². The monoisotopic (exact) mass is 212 g/mol. The molecule has 0 aliphatic heterocycles. The molecule has 0 aromatic heterocycles. The summed E-state index contributed by atoms with van der Waals surface area (Å²) in [5.41, 5.74) is -0.906. The SMILES string of the molecule is CCC(C)(C#N)C(=O)NCCCCCO. The second-order valence-corrected chi connectivity index (χ2v) is 3.84. The zero-order chi connectivity index (χ0) is 11.7. The number of nitrogens with zero attached hydrogens (tertiary/aromatic N) is 1. The first-order valence-corrected chi connectivity index (χ1v) is 5.41. The van der Waals surface area contributed by atoms with Crippen LogP contribution < -0.4 is 5.32 Å². The molecule has 0 fully saturated rings. The molecule has 4 heteroatoms. The lowest BCUT2D eigenvalue weighted by atomic mass is 9.88. The predicted octanol–water partition coefficient (Wildman–Crippen LogP) is 1.21. The van der Waals surface area contributed by atoms with Crippen molar-refractivity contribution in [2.75, 3.05) is 13.2 Å². The number of carbonyl (C=O) groups is 1. The highest BCUT2D eigenvalue weighted by atomic mass is 16.2. The number of rotatable bonds is 7. The minimum atomic E-state index is -0.906. The van der Waals surface area contributed by atoms with E-state index in [0.29, 0.717) is 13.0 Å². The number of nitriles is 1. The molecule has 15 heavy (non-hydrogen) atoms. The maximum Gasteiger partial charge on any atom is 0.240 e. The van der Waals surface area contributed by atoms with E-state index < -0.39 is 5.41 Å². The summed E-state index contributed by atoms with van der Waals surface area (Å²) in [5.74, 6) is -0.198. The summed E-state index contributed by atoms with van der Waals surface area (Å²) >= 11 is 0. The van der Waals surface area contributed by atoms with Gasteiger partial charge in [-0.25, -0.2) is 0 Å². The summed E-state index contributed by atoms with van der Waals surface area (Å²) in [6.07, 6.45) is 3.02. The van der Waals surface area contributed by atoms with Crippen LogP contribution in [0.5, 0.6) is 0 Å². The minimum Gasteiger partial charge on any atom is -0.396 e. The fourth-order valence-electron chi connectivity index (χ4n) is 1.10. The van der Waals surface area contributed by atoms with Crippen molar-refractivity contribution < 1.29 is 9.90 Å². The molecule has 1 amide bonds. The van der Waals surface area contributed by atoms with Gasteiger partial charge in [-0.3, -0.25) is 4.79 Å². The van der Waals surface area contributed by atoms with E-state index in [-0.39, 0.29) is 12.5 Å². The number of aliphatic hydroxyl groups is 1. The number of nitrogens with one attached hydrogen (secondary N) is 1. The first kappa shape index (κ1) is 13.9. The third kappa shape index (κ3) is 4.80. The largest absolute Gasteiger partial charge is 0.396 e. The van der Waals surface area contributed by atoms with Crippen molar-refractivity contribution in [1.29, 1.82) is 5.26 Å². The van der Waals surface area contributed by atoms with Gasteiger partial charge < -0.3 is 10.4 Å². The van der Waals surface area contributed by atoms with Crippen LogP contribution in [-0.4, -0.2) is 24.2 Å². The second-order valence-electron chi connectivity index (χ2n) is 3.84. The first-order chi connectivity index (χ1) is 7.10. The van der Waals surface area contributed by atoms with Crippen LogP contribution >= 0.6 is 0 Å². The highest BCUT2D eigenvalue weighted by molar-refractivity contribution is 5.84. The van der Waals surface area contributed by atoms with Gasteiger partial charge in [-0.05, 0) is 32.6 Å². The number of amides is 1. The Morgan fingerprint density at radius 1 is 1.47 bits per heavy atom. The molecule has 0 saturated heterocycles. The molecule has 0 saturated carbocycles. The Bertz CT molecular complexity index is 235. The molecule has 0 heterocycles. The van der Waals surface area contributed by atoms with Gasteiger partial charge in [-0.1, -0.05) is 6.92 Å². The fourth-order valence-corrected chi connectivity index (χ4v) is 1.10. The van der Waals surface area contributed by atoms with Gasteiger partial charge in [0.1, 0.15) is 5.41 Å². The van der Waals surface area contributed by atoms with E-state index in [4.69, 9.17) is 10.4 Å². The van der Waals surface area contributed by atoms with E-state index in [1.807, 2.05) is 13.0 Å². The molecular weight excluding hydrogens is 192 g/mol. The molecule has 2 N–H and O–H groups in total. The lowest BCUT2D eigenvalue weighted by Gasteiger charge is -2.18. The topological polar surface area (TPSA) is 73.1 Å². The van der Waals surface area contributed by atoms with Crippen LogP contribution in [0.3, 0.4) is 0 Å². The van der Waals surface area contributed by atoms with Gasteiger partial charge in [0, 0.05) is 13.2 Å². The van der Waals surface area contributed by atoms with Crippen molar-refractivity contribution in [2.45, 2.75) is 39.5 Å². The number of hydrogen-bond donors (Lipinski definition) is 2. The molecule has 0 aromatic rings. The van der Waals surface area contributed by atoms with Gasteiger partial charge in [0.15, 0.2) is 0 Å². The summed E-state index contributed by atoms with van der Waals surface area (Å²) in [7, 11) is 0. The highest BCUT2D eigenvalue weighted by Crippen LogP contribution is 2.19. The van der Waals surface area contributed by atoms with E-state index in [2.05, 4.69) is 5.32 Å². The lowest BCUT2D eigenvalue weighted by Crippen LogP contribution is -2.38. The van der Waals surface area contributed by atoms with E-state index in [1.165, 1.54) is 0 Å². The van der Waals surface area contributed by atoms with Crippen molar-refractivity contribution in [1.82, 2.24) is 5.32 Å². The lowest BCUT2D eigenvalue weighted by molar-refractivity contribution is -0.127. The van der Waals surface area contributed by atoms with Crippen LogP contribution in [0.15, 0.2) is 0 Å². The third-order valence-electron chi connectivity index (χ3n) is 2.58. The average molecular weight is 212 g/mol. The Hall–Kier alpha value is -1.08. The van der Waals surface area contributed by atoms with Gasteiger partial charge in [0.25, 0.3) is 0 Å². The zero-order valence-corrected chi connectivity index (χ0v) is 9.55. The Labute approximate surface area is 91.3 Å². The standard InChI is InChI=1S/C11H20N2O2/c1-3-11(2,9-12)10(15)13-7-5-4-6-8-14/h14H,3-8H2,1-2H3,(H,13,15). The van der Waals surface area contributed by atoms with Crippen LogP contribution in [0.25, 0.3) is 0 Å². The maximum atomic E-state index is 11.6. The second kappa shape index (κ2) is 7.24. The summed E-state index contributed by atoms with van der Waals surface area (Å²) in [5, 5.41) is 20.1. The van der Waals surface area contributed by atoms with Crippen LogP contribution in [0.4, 0.5) is 0 Å². The number of carbonyl (C=O) groups excluding carboxylic acids is 1. The Morgan fingerprint density at radius 3 is 2.60 bits per heavy atom. The van der Waals surface area contributed by atoms with Crippen LogP contribution in [0.1, 0.15) is 39.5 Å². The molecule has 0 rings (SSSR count). The van der Waals surface area contributed by atoms with E-state index in [1.54, 1.807) is 6.92 Å². The van der Waals surface area contributed by atoms with Gasteiger partial charge in [-0.2, -0.15) is 5.26 Å². The maximum absolute atomic E-state index is 11.6. The quantitative estimate of drug-likeness (QED) is 0.623. The van der Waals surface area contributed by atoms with Gasteiger partial charge >= 0.3 is 0 Å². The number of hydrogen-bond acceptors (Lipinski definition) is 3. The van der Waals surface area contributed by atoms with E-state index in [0.717, 1.165) is 19.3 Å². The third-order valence-corrected chi connectivity index (χ3v) is 2.58. The molecule has 1 unspecified atom stereocenters. The van der Waals surface area contributed by atoms with Crippen LogP contribution in [-0.2, 0) is 4.79 Å². The summed E-state index contributed by atoms with van der Waals surface area (Å²) in [4.78, 5) is 11.6. The Balaban J connectivity index is 3.79. The Morgan fingerprint density at radius 2 is 2.13 bits per heavy atom. The van der Waals surface area contributed by atoms with E-state index >= 15 is 0 Å². The molecule has 0 radical (unpaired) electrons. The number of unbranched alkanes of at least 4 members (excludes halogenated alkanes) is 2. The molecule has 1 atom stereocenters. The molecule has 0 aliphatic rings. The zero-order valence-electron chi connectivity index (χ0n) is 9.55. The fraction of sp³-hybridized carbons (Fsp3) is 0.818. The molecule has 0 aromatic carbocycles. The molecule has 4 nitrogen and oxygen atoms in total. The van der Waals surface area contributed by atoms with Crippen molar-refractivity contribution in [3.05, 3.63) is 0 Å². The summed E-state index contributed by atoms with van der Waals surface area (Å²) in [6.45, 7) is 4.25. The molecule has 0 bridgehead atoms. The van der Waals surface area contributed by atoms with Crippen molar-refractivity contribution in [2.24, 2.45) is 5.41 Å². The summed E-state index contributed by atoms with van der Waals surface area (Å²) in [6, 6.07) is 2.03. The Kier molecular flexibility index (Phi) is 6.72. The summed E-state index contributed by atoms with van der Waals surface area (Å²) < 4.78 is 0. The van der Waals surface area contributed by atoms with Crippen molar-refractivity contribution in [3.63, 3.8) is 0 Å². The predicted molar refractivity (Wildman–Crippen MR) is 58.0 cm³/mol.